The lowest BCUT2D eigenvalue weighted by Crippen LogP contribution is -2.54. The fourth-order valence-corrected chi connectivity index (χ4v) is 3.03. The van der Waals surface area contributed by atoms with Crippen LogP contribution in [0, 0.1) is 0 Å². The van der Waals surface area contributed by atoms with Crippen LogP contribution < -0.4 is 15.0 Å². The molecule has 28 heavy (non-hydrogen) atoms. The predicted octanol–water partition coefficient (Wildman–Crippen LogP) is 3.97. The number of nitrogens with one attached hydrogen (secondary N) is 1. The molecular weight excluding hydrogens is 380 g/mol. The molecule has 0 aliphatic carbocycles. The zero-order valence-corrected chi connectivity index (χ0v) is 16.2. The number of rotatable bonds is 5. The minimum absolute atomic E-state index is 0.178. The first-order valence-electron chi connectivity index (χ1n) is 8.87. The molecular formula is C21H19ClN2O4. The lowest BCUT2D eigenvalue weighted by atomic mass is 10.1. The summed E-state index contributed by atoms with van der Waals surface area (Å²) < 4.78 is 5.54. The Labute approximate surface area is 167 Å². The van der Waals surface area contributed by atoms with Crippen LogP contribution in [-0.2, 0) is 16.0 Å². The first-order chi connectivity index (χ1) is 13.4. The number of carbonyl (C=O) groups is 3. The standard InChI is InChI=1S/C21H19ClN2O4/c1-3-13-5-8-16(9-6-13)24-20(26)17(19(25)23-21(24)27)12-14-11-15(22)7-10-18(14)28-4-2/h5-12H,3-4H2,1-2H3,(H,23,25,27)/b17-12+. The number of hydrogen-bond acceptors (Lipinski definition) is 4. The second kappa shape index (κ2) is 8.27. The van der Waals surface area contributed by atoms with Crippen molar-refractivity contribution >= 4 is 41.2 Å². The van der Waals surface area contributed by atoms with Crippen LogP contribution in [0.25, 0.3) is 6.08 Å². The Morgan fingerprint density at radius 2 is 1.79 bits per heavy atom. The number of hydrogen-bond donors (Lipinski definition) is 1. The molecule has 2 aromatic rings. The monoisotopic (exact) mass is 398 g/mol. The minimum Gasteiger partial charge on any atom is -0.493 e. The highest BCUT2D eigenvalue weighted by molar-refractivity contribution is 6.39. The van der Waals surface area contributed by atoms with Gasteiger partial charge in [0.05, 0.1) is 12.3 Å². The van der Waals surface area contributed by atoms with Crippen molar-refractivity contribution in [2.24, 2.45) is 0 Å². The third kappa shape index (κ3) is 3.92. The average Bonchev–Trinajstić information content (AvgIpc) is 2.67. The van der Waals surface area contributed by atoms with Gasteiger partial charge in [0.2, 0.25) is 0 Å². The predicted molar refractivity (Wildman–Crippen MR) is 107 cm³/mol. The smallest absolute Gasteiger partial charge is 0.335 e. The van der Waals surface area contributed by atoms with Crippen LogP contribution in [0.2, 0.25) is 5.02 Å². The summed E-state index contributed by atoms with van der Waals surface area (Å²) in [5.41, 5.74) is 1.75. The maximum atomic E-state index is 13.0. The number of ether oxygens (including phenoxy) is 1. The van der Waals surface area contributed by atoms with Gasteiger partial charge in [0.1, 0.15) is 11.3 Å². The number of aryl methyl sites for hydroxylation is 1. The van der Waals surface area contributed by atoms with Gasteiger partial charge in [-0.15, -0.1) is 0 Å². The van der Waals surface area contributed by atoms with Gasteiger partial charge in [-0.2, -0.15) is 0 Å². The number of nitrogens with zero attached hydrogens (tertiary/aromatic N) is 1. The summed E-state index contributed by atoms with van der Waals surface area (Å²) in [5.74, 6) is -0.991. The molecule has 1 aliphatic rings. The molecule has 1 heterocycles. The van der Waals surface area contributed by atoms with E-state index in [4.69, 9.17) is 16.3 Å². The maximum absolute atomic E-state index is 13.0. The molecule has 0 atom stereocenters. The summed E-state index contributed by atoms with van der Waals surface area (Å²) >= 11 is 6.05. The van der Waals surface area contributed by atoms with Gasteiger partial charge in [0.25, 0.3) is 11.8 Å². The number of carbonyl (C=O) groups excluding carboxylic acids is 3. The Morgan fingerprint density at radius 1 is 1.07 bits per heavy atom. The van der Waals surface area contributed by atoms with Crippen LogP contribution in [0.4, 0.5) is 10.5 Å². The molecule has 1 saturated heterocycles. The third-order valence-corrected chi connectivity index (χ3v) is 4.51. The molecule has 1 aliphatic heterocycles. The van der Waals surface area contributed by atoms with Crippen molar-refractivity contribution in [3.63, 3.8) is 0 Å². The van der Waals surface area contributed by atoms with E-state index in [0.29, 0.717) is 28.6 Å². The second-order valence-electron chi connectivity index (χ2n) is 6.09. The molecule has 6 nitrogen and oxygen atoms in total. The minimum atomic E-state index is -0.785. The topological polar surface area (TPSA) is 75.7 Å². The fraction of sp³-hybridized carbons (Fsp3) is 0.190. The molecule has 0 spiro atoms. The molecule has 1 fully saturated rings. The van der Waals surface area contributed by atoms with Crippen molar-refractivity contribution in [3.8, 4) is 5.75 Å². The van der Waals surface area contributed by atoms with Crippen LogP contribution in [0.1, 0.15) is 25.0 Å². The zero-order chi connectivity index (χ0) is 20.3. The highest BCUT2D eigenvalue weighted by Gasteiger charge is 2.36. The maximum Gasteiger partial charge on any atom is 0.335 e. The SMILES string of the molecule is CCOc1ccc(Cl)cc1/C=C1\C(=O)NC(=O)N(c2ccc(CC)cc2)C1=O. The van der Waals surface area contributed by atoms with E-state index in [1.165, 1.54) is 6.08 Å². The van der Waals surface area contributed by atoms with E-state index >= 15 is 0 Å². The van der Waals surface area contributed by atoms with Crippen molar-refractivity contribution < 1.29 is 19.1 Å². The summed E-state index contributed by atoms with van der Waals surface area (Å²) in [6, 6.07) is 11.1. The van der Waals surface area contributed by atoms with Crippen LogP contribution in [0.5, 0.6) is 5.75 Å². The Kier molecular flexibility index (Phi) is 5.80. The average molecular weight is 399 g/mol. The molecule has 7 heteroatoms. The van der Waals surface area contributed by atoms with E-state index in [1.807, 2.05) is 26.0 Å². The van der Waals surface area contributed by atoms with E-state index < -0.39 is 17.8 Å². The van der Waals surface area contributed by atoms with Gasteiger partial charge in [0, 0.05) is 10.6 Å². The second-order valence-corrected chi connectivity index (χ2v) is 6.53. The van der Waals surface area contributed by atoms with Crippen LogP contribution in [0.3, 0.4) is 0 Å². The summed E-state index contributed by atoms with van der Waals surface area (Å²) in [4.78, 5) is 38.5. The lowest BCUT2D eigenvalue weighted by Gasteiger charge is -2.26. The Bertz CT molecular complexity index is 967. The van der Waals surface area contributed by atoms with Gasteiger partial charge in [0.15, 0.2) is 0 Å². The third-order valence-electron chi connectivity index (χ3n) is 4.28. The van der Waals surface area contributed by atoms with Gasteiger partial charge >= 0.3 is 6.03 Å². The molecule has 3 rings (SSSR count). The van der Waals surface area contributed by atoms with Crippen LogP contribution >= 0.6 is 11.6 Å². The van der Waals surface area contributed by atoms with E-state index in [2.05, 4.69) is 5.32 Å². The molecule has 1 N–H and O–H groups in total. The van der Waals surface area contributed by atoms with E-state index in [9.17, 15) is 14.4 Å². The number of imide groups is 2. The van der Waals surface area contributed by atoms with Crippen LogP contribution in [-0.4, -0.2) is 24.5 Å². The number of benzene rings is 2. The van der Waals surface area contributed by atoms with Gasteiger partial charge in [-0.1, -0.05) is 30.7 Å². The fourth-order valence-electron chi connectivity index (χ4n) is 2.85. The van der Waals surface area contributed by atoms with Crippen molar-refractivity contribution in [1.82, 2.24) is 5.32 Å². The Balaban J connectivity index is 2.02. The van der Waals surface area contributed by atoms with Crippen LogP contribution in [0.15, 0.2) is 48.0 Å². The molecule has 144 valence electrons. The summed E-state index contributed by atoms with van der Waals surface area (Å²) in [7, 11) is 0. The Morgan fingerprint density at radius 3 is 2.43 bits per heavy atom. The molecule has 4 amide bonds. The molecule has 0 radical (unpaired) electrons. The van der Waals surface area contributed by atoms with Gasteiger partial charge in [-0.05, 0) is 55.3 Å². The van der Waals surface area contributed by atoms with Gasteiger partial charge in [-0.25, -0.2) is 9.69 Å². The lowest BCUT2D eigenvalue weighted by molar-refractivity contribution is -0.122. The molecule has 0 saturated carbocycles. The highest BCUT2D eigenvalue weighted by Crippen LogP contribution is 2.28. The molecule has 0 bridgehead atoms. The Hall–Kier alpha value is -3.12. The van der Waals surface area contributed by atoms with Crippen molar-refractivity contribution in [2.75, 3.05) is 11.5 Å². The summed E-state index contributed by atoms with van der Waals surface area (Å²) in [6.45, 7) is 4.24. The largest absolute Gasteiger partial charge is 0.493 e. The van der Waals surface area contributed by atoms with Crippen molar-refractivity contribution in [3.05, 3.63) is 64.2 Å². The number of barbiturate groups is 1. The molecule has 2 aromatic carbocycles. The zero-order valence-electron chi connectivity index (χ0n) is 15.5. The van der Waals surface area contributed by atoms with Gasteiger partial charge in [-0.3, -0.25) is 14.9 Å². The first kappa shape index (κ1) is 19.6. The molecule has 0 aromatic heterocycles. The number of urea groups is 1. The van der Waals surface area contributed by atoms with E-state index in [-0.39, 0.29) is 5.57 Å². The van der Waals surface area contributed by atoms with E-state index in [0.717, 1.165) is 16.9 Å². The number of amides is 4. The highest BCUT2D eigenvalue weighted by atomic mass is 35.5. The van der Waals surface area contributed by atoms with Gasteiger partial charge < -0.3 is 4.74 Å². The normalized spacial score (nSPS) is 15.8. The quantitative estimate of drug-likeness (QED) is 0.610. The summed E-state index contributed by atoms with van der Waals surface area (Å²) in [6.07, 6.45) is 2.22. The van der Waals surface area contributed by atoms with Crippen molar-refractivity contribution in [2.45, 2.75) is 20.3 Å². The number of anilines is 1. The first-order valence-corrected chi connectivity index (χ1v) is 9.25. The van der Waals surface area contributed by atoms with Crippen molar-refractivity contribution in [1.29, 1.82) is 0 Å². The summed E-state index contributed by atoms with van der Waals surface area (Å²) in [5, 5.41) is 2.64. The molecule has 0 unspecified atom stereocenters. The number of halogens is 1. The van der Waals surface area contributed by atoms with E-state index in [1.54, 1.807) is 30.3 Å².